The third kappa shape index (κ3) is 4.46. The van der Waals surface area contributed by atoms with Crippen LogP contribution < -0.4 is 5.32 Å². The van der Waals surface area contributed by atoms with Crippen LogP contribution in [0.2, 0.25) is 0 Å². The van der Waals surface area contributed by atoms with Gasteiger partial charge in [0.05, 0.1) is 11.3 Å². The average molecular weight is 440 g/mol. The van der Waals surface area contributed by atoms with Gasteiger partial charge < -0.3 is 5.32 Å². The number of para-hydroxylation sites is 2. The molecule has 1 aromatic heterocycles. The molecule has 0 fully saturated rings. The third-order valence-corrected chi connectivity index (χ3v) is 5.25. The number of carbonyl (C=O) groups excluding carboxylic acids is 1. The van der Waals surface area contributed by atoms with Gasteiger partial charge in [0.15, 0.2) is 11.0 Å². The van der Waals surface area contributed by atoms with Crippen molar-refractivity contribution in [1.29, 1.82) is 0 Å². The molecule has 3 aromatic carbocycles. The SMILES string of the molecule is O=C(CSc1nnc(-c2ccccc2F)n1-c1ccccc1)Nc1c(F)cccc1F. The Morgan fingerprint density at radius 1 is 0.839 bits per heavy atom. The van der Waals surface area contributed by atoms with Gasteiger partial charge in [-0.05, 0) is 36.4 Å². The van der Waals surface area contributed by atoms with Crippen LogP contribution in [0.1, 0.15) is 0 Å². The Bertz CT molecular complexity index is 1210. The summed E-state index contributed by atoms with van der Waals surface area (Å²) in [4.78, 5) is 12.3. The van der Waals surface area contributed by atoms with Crippen molar-refractivity contribution >= 4 is 23.4 Å². The largest absolute Gasteiger partial charge is 0.320 e. The van der Waals surface area contributed by atoms with Crippen LogP contribution >= 0.6 is 11.8 Å². The summed E-state index contributed by atoms with van der Waals surface area (Å²) >= 11 is 1.01. The quantitative estimate of drug-likeness (QED) is 0.425. The summed E-state index contributed by atoms with van der Waals surface area (Å²) in [7, 11) is 0. The van der Waals surface area contributed by atoms with Gasteiger partial charge in [0.25, 0.3) is 0 Å². The second-order valence-corrected chi connectivity index (χ2v) is 7.33. The van der Waals surface area contributed by atoms with E-state index in [-0.39, 0.29) is 17.1 Å². The predicted molar refractivity (Wildman–Crippen MR) is 112 cm³/mol. The maximum absolute atomic E-state index is 14.4. The van der Waals surface area contributed by atoms with Gasteiger partial charge in [-0.25, -0.2) is 13.2 Å². The van der Waals surface area contributed by atoms with E-state index in [9.17, 15) is 18.0 Å². The van der Waals surface area contributed by atoms with E-state index in [4.69, 9.17) is 0 Å². The van der Waals surface area contributed by atoms with Gasteiger partial charge in [-0.1, -0.05) is 48.2 Å². The lowest BCUT2D eigenvalue weighted by atomic mass is 10.2. The molecule has 0 saturated heterocycles. The van der Waals surface area contributed by atoms with Crippen molar-refractivity contribution < 1.29 is 18.0 Å². The smallest absolute Gasteiger partial charge is 0.235 e. The van der Waals surface area contributed by atoms with Gasteiger partial charge in [0, 0.05) is 5.69 Å². The zero-order valence-corrected chi connectivity index (χ0v) is 16.7. The highest BCUT2D eigenvalue weighted by Gasteiger charge is 2.20. The topological polar surface area (TPSA) is 59.8 Å². The standard InChI is InChI=1S/C22H15F3N4OS/c23-16-10-5-4-9-15(16)21-27-28-22(29(21)14-7-2-1-3-8-14)31-13-19(30)26-20-17(24)11-6-12-18(20)25/h1-12H,13H2,(H,26,30). The van der Waals surface area contributed by atoms with Gasteiger partial charge >= 0.3 is 0 Å². The maximum atomic E-state index is 14.4. The fraction of sp³-hybridized carbons (Fsp3) is 0.0455. The predicted octanol–water partition coefficient (Wildman–Crippen LogP) is 5.08. The number of nitrogens with zero attached hydrogens (tertiary/aromatic N) is 3. The van der Waals surface area contributed by atoms with Crippen molar-refractivity contribution in [2.45, 2.75) is 5.16 Å². The molecule has 0 aliphatic heterocycles. The summed E-state index contributed by atoms with van der Waals surface area (Å²) in [6.07, 6.45) is 0. The Labute approximate surface area is 179 Å². The number of halogens is 3. The lowest BCUT2D eigenvalue weighted by Crippen LogP contribution is -2.16. The molecule has 1 N–H and O–H groups in total. The fourth-order valence-corrected chi connectivity index (χ4v) is 3.66. The number of hydrogen-bond acceptors (Lipinski definition) is 4. The first-order chi connectivity index (χ1) is 15.0. The van der Waals surface area contributed by atoms with E-state index in [0.717, 1.165) is 23.9 Å². The van der Waals surface area contributed by atoms with Crippen LogP contribution in [0, 0.1) is 17.5 Å². The summed E-state index contributed by atoms with van der Waals surface area (Å²) in [6.45, 7) is 0. The molecule has 1 heterocycles. The second-order valence-electron chi connectivity index (χ2n) is 6.39. The van der Waals surface area contributed by atoms with E-state index in [1.165, 1.54) is 12.1 Å². The van der Waals surface area contributed by atoms with Crippen molar-refractivity contribution in [1.82, 2.24) is 14.8 Å². The molecular formula is C22H15F3N4OS. The number of amides is 1. The van der Waals surface area contributed by atoms with Crippen molar-refractivity contribution in [3.05, 3.63) is 90.2 Å². The molecule has 0 aliphatic rings. The molecule has 5 nitrogen and oxygen atoms in total. The maximum Gasteiger partial charge on any atom is 0.235 e. The summed E-state index contributed by atoms with van der Waals surface area (Å²) in [6, 6.07) is 18.5. The monoisotopic (exact) mass is 440 g/mol. The molecule has 0 radical (unpaired) electrons. The van der Waals surface area contributed by atoms with E-state index in [2.05, 4.69) is 15.5 Å². The molecule has 1 amide bonds. The van der Waals surface area contributed by atoms with E-state index >= 15 is 0 Å². The van der Waals surface area contributed by atoms with E-state index in [1.807, 2.05) is 18.2 Å². The summed E-state index contributed by atoms with van der Waals surface area (Å²) in [5.41, 5.74) is 0.419. The molecule has 0 spiro atoms. The minimum atomic E-state index is -0.868. The van der Waals surface area contributed by atoms with Crippen molar-refractivity contribution in [2.24, 2.45) is 0 Å². The van der Waals surface area contributed by atoms with Crippen LogP contribution in [0.5, 0.6) is 0 Å². The molecule has 156 valence electrons. The van der Waals surface area contributed by atoms with Crippen LogP contribution in [0.3, 0.4) is 0 Å². The van der Waals surface area contributed by atoms with Crippen LogP contribution in [0.25, 0.3) is 17.1 Å². The minimum Gasteiger partial charge on any atom is -0.320 e. The zero-order valence-electron chi connectivity index (χ0n) is 15.9. The molecule has 0 aliphatic carbocycles. The highest BCUT2D eigenvalue weighted by atomic mass is 32.2. The van der Waals surface area contributed by atoms with Crippen molar-refractivity contribution in [3.8, 4) is 17.1 Å². The van der Waals surface area contributed by atoms with Crippen LogP contribution in [-0.2, 0) is 4.79 Å². The third-order valence-electron chi connectivity index (χ3n) is 4.32. The molecule has 31 heavy (non-hydrogen) atoms. The van der Waals surface area contributed by atoms with Gasteiger partial charge in [-0.2, -0.15) is 0 Å². The van der Waals surface area contributed by atoms with E-state index in [0.29, 0.717) is 10.8 Å². The Morgan fingerprint density at radius 2 is 1.48 bits per heavy atom. The highest BCUT2D eigenvalue weighted by molar-refractivity contribution is 7.99. The van der Waals surface area contributed by atoms with Crippen LogP contribution in [0.4, 0.5) is 18.9 Å². The fourth-order valence-electron chi connectivity index (χ4n) is 2.91. The Kier molecular flexibility index (Phi) is 6.03. The lowest BCUT2D eigenvalue weighted by Gasteiger charge is -2.11. The average Bonchev–Trinajstić information content (AvgIpc) is 3.19. The molecule has 0 bridgehead atoms. The molecule has 9 heteroatoms. The number of hydrogen-bond donors (Lipinski definition) is 1. The number of rotatable bonds is 6. The number of nitrogens with one attached hydrogen (secondary N) is 1. The minimum absolute atomic E-state index is 0.185. The van der Waals surface area contributed by atoms with Gasteiger partial charge in [0.1, 0.15) is 23.1 Å². The molecule has 4 rings (SSSR count). The zero-order chi connectivity index (χ0) is 21.8. The van der Waals surface area contributed by atoms with Crippen molar-refractivity contribution in [3.63, 3.8) is 0 Å². The van der Waals surface area contributed by atoms with E-state index < -0.39 is 29.0 Å². The van der Waals surface area contributed by atoms with Gasteiger partial charge in [0.2, 0.25) is 5.91 Å². The van der Waals surface area contributed by atoms with Crippen LogP contribution in [0.15, 0.2) is 78.0 Å². The number of anilines is 1. The molecular weight excluding hydrogens is 425 g/mol. The molecule has 0 atom stereocenters. The van der Waals surface area contributed by atoms with Crippen LogP contribution in [-0.4, -0.2) is 26.4 Å². The summed E-state index contributed by atoms with van der Waals surface area (Å²) in [5, 5.41) is 10.8. The number of aromatic nitrogens is 3. The first-order valence-electron chi connectivity index (χ1n) is 9.17. The summed E-state index contributed by atoms with van der Waals surface area (Å²) < 4.78 is 43.5. The number of carbonyl (C=O) groups is 1. The first-order valence-corrected chi connectivity index (χ1v) is 10.2. The second kappa shape index (κ2) is 9.05. The Hall–Kier alpha value is -3.59. The molecule has 4 aromatic rings. The Balaban J connectivity index is 1.62. The lowest BCUT2D eigenvalue weighted by molar-refractivity contribution is -0.113. The Morgan fingerprint density at radius 3 is 2.19 bits per heavy atom. The highest BCUT2D eigenvalue weighted by Crippen LogP contribution is 2.29. The first kappa shape index (κ1) is 20.7. The van der Waals surface area contributed by atoms with Gasteiger partial charge in [-0.15, -0.1) is 10.2 Å². The van der Waals surface area contributed by atoms with Crippen molar-refractivity contribution in [2.75, 3.05) is 11.1 Å². The molecule has 0 saturated carbocycles. The summed E-state index contributed by atoms with van der Waals surface area (Å²) in [5.74, 6) is -2.73. The normalized spacial score (nSPS) is 10.8. The number of benzene rings is 3. The number of thioether (sulfide) groups is 1. The molecule has 0 unspecified atom stereocenters. The van der Waals surface area contributed by atoms with E-state index in [1.54, 1.807) is 34.9 Å². The van der Waals surface area contributed by atoms with Gasteiger partial charge in [-0.3, -0.25) is 9.36 Å².